The van der Waals surface area contributed by atoms with E-state index in [9.17, 15) is 0 Å². The van der Waals surface area contributed by atoms with Gasteiger partial charge in [0.05, 0.1) is 7.11 Å². The van der Waals surface area contributed by atoms with Gasteiger partial charge >= 0.3 is 0 Å². The van der Waals surface area contributed by atoms with Crippen molar-refractivity contribution >= 4 is 17.5 Å². The van der Waals surface area contributed by atoms with Gasteiger partial charge in [-0.2, -0.15) is 0 Å². The zero-order valence-corrected chi connectivity index (χ0v) is 7.77. The molecule has 0 unspecified atom stereocenters. The maximum atomic E-state index is 7.36. The van der Waals surface area contributed by atoms with Crippen LogP contribution in [0.5, 0.6) is 0 Å². The number of nitrogens with one attached hydrogen (secondary N) is 1. The lowest BCUT2D eigenvalue weighted by molar-refractivity contribution is 0.401. The van der Waals surface area contributed by atoms with E-state index in [1.165, 1.54) is 7.11 Å². The molecule has 0 saturated carbocycles. The molecule has 1 rings (SSSR count). The molecule has 1 aromatic carbocycles. The molecule has 1 N–H and O–H groups in total. The Morgan fingerprint density at radius 3 is 2.67 bits per heavy atom. The summed E-state index contributed by atoms with van der Waals surface area (Å²) in [4.78, 5) is 0. The summed E-state index contributed by atoms with van der Waals surface area (Å²) in [6, 6.07) is 5.40. The van der Waals surface area contributed by atoms with Gasteiger partial charge in [-0.25, -0.2) is 0 Å². The number of aryl methyl sites for hydroxylation is 1. The van der Waals surface area contributed by atoms with Gasteiger partial charge in [-0.05, 0) is 24.6 Å². The molecule has 0 spiro atoms. The summed E-state index contributed by atoms with van der Waals surface area (Å²) in [5, 5.41) is 8.03. The van der Waals surface area contributed by atoms with Crippen LogP contribution in [-0.4, -0.2) is 13.0 Å². The average molecular weight is 184 g/mol. The van der Waals surface area contributed by atoms with Crippen LogP contribution in [0.3, 0.4) is 0 Å². The average Bonchev–Trinajstić information content (AvgIpc) is 2.08. The molecule has 0 aliphatic rings. The van der Waals surface area contributed by atoms with Crippen molar-refractivity contribution in [2.75, 3.05) is 7.11 Å². The number of halogens is 1. The molecule has 0 aliphatic heterocycles. The summed E-state index contributed by atoms with van der Waals surface area (Å²) in [6.45, 7) is 1.92. The zero-order valence-electron chi connectivity index (χ0n) is 7.02. The Bertz CT molecular complexity index is 309. The molecule has 0 atom stereocenters. The van der Waals surface area contributed by atoms with Crippen LogP contribution in [0.25, 0.3) is 0 Å². The first-order chi connectivity index (χ1) is 5.65. The monoisotopic (exact) mass is 183 g/mol. The molecule has 0 aromatic heterocycles. The van der Waals surface area contributed by atoms with Crippen LogP contribution in [0, 0.1) is 12.3 Å². The van der Waals surface area contributed by atoms with Crippen LogP contribution < -0.4 is 0 Å². The molecular formula is C9H10ClNO. The Balaban J connectivity index is 3.05. The molecule has 64 valence electrons. The second-order valence-corrected chi connectivity index (χ2v) is 2.90. The molecule has 0 amide bonds. The van der Waals surface area contributed by atoms with Crippen LogP contribution >= 0.6 is 11.6 Å². The van der Waals surface area contributed by atoms with Crippen LogP contribution in [0.2, 0.25) is 5.02 Å². The molecule has 0 saturated heterocycles. The van der Waals surface area contributed by atoms with E-state index < -0.39 is 0 Å². The van der Waals surface area contributed by atoms with Crippen LogP contribution in [0.1, 0.15) is 11.1 Å². The van der Waals surface area contributed by atoms with E-state index in [-0.39, 0.29) is 5.90 Å². The van der Waals surface area contributed by atoms with Gasteiger partial charge in [0.25, 0.3) is 0 Å². The van der Waals surface area contributed by atoms with E-state index in [1.807, 2.05) is 19.1 Å². The van der Waals surface area contributed by atoms with E-state index in [4.69, 9.17) is 21.7 Å². The Morgan fingerprint density at radius 1 is 1.50 bits per heavy atom. The van der Waals surface area contributed by atoms with Crippen molar-refractivity contribution < 1.29 is 4.74 Å². The van der Waals surface area contributed by atoms with Crippen molar-refractivity contribution in [3.05, 3.63) is 34.3 Å². The highest BCUT2D eigenvalue weighted by molar-refractivity contribution is 6.31. The minimum Gasteiger partial charge on any atom is -0.481 e. The fourth-order valence-electron chi connectivity index (χ4n) is 0.852. The molecule has 0 heterocycles. The Labute approximate surface area is 76.6 Å². The van der Waals surface area contributed by atoms with E-state index in [0.29, 0.717) is 10.6 Å². The van der Waals surface area contributed by atoms with Crippen LogP contribution in [0.4, 0.5) is 0 Å². The number of rotatable bonds is 1. The normalized spacial score (nSPS) is 9.58. The lowest BCUT2D eigenvalue weighted by Crippen LogP contribution is -2.00. The van der Waals surface area contributed by atoms with Gasteiger partial charge < -0.3 is 4.74 Å². The largest absolute Gasteiger partial charge is 0.481 e. The third kappa shape index (κ3) is 1.77. The highest BCUT2D eigenvalue weighted by Crippen LogP contribution is 2.16. The third-order valence-electron chi connectivity index (χ3n) is 1.64. The number of methoxy groups -OCH3 is 1. The predicted molar refractivity (Wildman–Crippen MR) is 50.0 cm³/mol. The number of hydrogen-bond acceptors (Lipinski definition) is 2. The molecule has 0 radical (unpaired) electrons. The molecule has 0 aliphatic carbocycles. The summed E-state index contributed by atoms with van der Waals surface area (Å²) in [5.74, 6) is 0.136. The smallest absolute Gasteiger partial charge is 0.212 e. The van der Waals surface area contributed by atoms with E-state index in [0.717, 1.165) is 5.56 Å². The SMILES string of the molecule is COC(=N)c1ccc(C)c(Cl)c1. The van der Waals surface area contributed by atoms with E-state index in [1.54, 1.807) is 6.07 Å². The molecule has 0 fully saturated rings. The molecular weight excluding hydrogens is 174 g/mol. The minimum atomic E-state index is 0.136. The summed E-state index contributed by atoms with van der Waals surface area (Å²) >= 11 is 5.86. The fourth-order valence-corrected chi connectivity index (χ4v) is 1.03. The highest BCUT2D eigenvalue weighted by atomic mass is 35.5. The molecule has 2 nitrogen and oxygen atoms in total. The lowest BCUT2D eigenvalue weighted by Gasteiger charge is -2.03. The van der Waals surface area contributed by atoms with Crippen LogP contribution in [0.15, 0.2) is 18.2 Å². The van der Waals surface area contributed by atoms with Crippen molar-refractivity contribution in [2.45, 2.75) is 6.92 Å². The maximum absolute atomic E-state index is 7.36. The molecule has 3 heteroatoms. The predicted octanol–water partition coefficient (Wildman–Crippen LogP) is 2.62. The third-order valence-corrected chi connectivity index (χ3v) is 2.05. The minimum absolute atomic E-state index is 0.136. The first-order valence-electron chi connectivity index (χ1n) is 3.54. The number of hydrogen-bond donors (Lipinski definition) is 1. The number of ether oxygens (including phenoxy) is 1. The topological polar surface area (TPSA) is 33.1 Å². The number of benzene rings is 1. The van der Waals surface area contributed by atoms with Crippen molar-refractivity contribution in [3.8, 4) is 0 Å². The molecule has 12 heavy (non-hydrogen) atoms. The summed E-state index contributed by atoms with van der Waals surface area (Å²) in [5.41, 5.74) is 1.71. The van der Waals surface area contributed by atoms with E-state index >= 15 is 0 Å². The Hall–Kier alpha value is -1.02. The van der Waals surface area contributed by atoms with Gasteiger partial charge in [0.2, 0.25) is 5.90 Å². The van der Waals surface area contributed by atoms with Gasteiger partial charge in [-0.3, -0.25) is 5.41 Å². The first kappa shape index (κ1) is 9.07. The second kappa shape index (κ2) is 3.59. The second-order valence-electron chi connectivity index (χ2n) is 2.50. The Morgan fingerprint density at radius 2 is 2.17 bits per heavy atom. The van der Waals surface area contributed by atoms with Crippen molar-refractivity contribution in [1.82, 2.24) is 0 Å². The quantitative estimate of drug-likeness (QED) is 0.527. The van der Waals surface area contributed by atoms with Gasteiger partial charge in [0.1, 0.15) is 0 Å². The molecule has 1 aromatic rings. The van der Waals surface area contributed by atoms with Gasteiger partial charge in [-0.1, -0.05) is 17.7 Å². The van der Waals surface area contributed by atoms with Crippen LogP contribution in [-0.2, 0) is 4.74 Å². The highest BCUT2D eigenvalue weighted by Gasteiger charge is 2.02. The maximum Gasteiger partial charge on any atom is 0.212 e. The fraction of sp³-hybridized carbons (Fsp3) is 0.222. The van der Waals surface area contributed by atoms with E-state index in [2.05, 4.69) is 0 Å². The summed E-state index contributed by atoms with van der Waals surface area (Å²) in [6.07, 6.45) is 0. The van der Waals surface area contributed by atoms with Crippen molar-refractivity contribution in [3.63, 3.8) is 0 Å². The van der Waals surface area contributed by atoms with Gasteiger partial charge in [-0.15, -0.1) is 0 Å². The Kier molecular flexibility index (Phi) is 2.71. The zero-order chi connectivity index (χ0) is 9.14. The standard InChI is InChI=1S/C9H10ClNO/c1-6-3-4-7(5-8(6)10)9(11)12-2/h3-5,11H,1-2H3. The lowest BCUT2D eigenvalue weighted by atomic mass is 10.1. The van der Waals surface area contributed by atoms with Gasteiger partial charge in [0.15, 0.2) is 0 Å². The summed E-state index contributed by atoms with van der Waals surface area (Å²) < 4.78 is 4.76. The van der Waals surface area contributed by atoms with Crippen molar-refractivity contribution in [2.24, 2.45) is 0 Å². The van der Waals surface area contributed by atoms with Gasteiger partial charge in [0, 0.05) is 10.6 Å². The first-order valence-corrected chi connectivity index (χ1v) is 3.92. The summed E-state index contributed by atoms with van der Waals surface area (Å²) in [7, 11) is 1.47. The molecule has 0 bridgehead atoms. The van der Waals surface area contributed by atoms with Crippen molar-refractivity contribution in [1.29, 1.82) is 5.41 Å².